The lowest BCUT2D eigenvalue weighted by Gasteiger charge is -2.36. The molecular weight excluding hydrogens is 524 g/mol. The maximum absolute atomic E-state index is 10.3. The average molecular weight is 563 g/mol. The predicted molar refractivity (Wildman–Crippen MR) is 151 cm³/mol. The third-order valence-electron chi connectivity index (χ3n) is 6.82. The molecule has 0 bridgehead atoms. The van der Waals surface area contributed by atoms with Gasteiger partial charge in [0.25, 0.3) is 0 Å². The van der Waals surface area contributed by atoms with Crippen LogP contribution in [-0.2, 0) is 15.0 Å². The third-order valence-corrected chi connectivity index (χ3v) is 8.59. The molecule has 2 heterocycles. The number of para-hydroxylation sites is 1. The Hall–Kier alpha value is -1.99. The summed E-state index contributed by atoms with van der Waals surface area (Å²) in [6, 6.07) is 16.9. The molecule has 3 aliphatic rings. The van der Waals surface area contributed by atoms with Crippen LogP contribution in [0, 0.1) is 0 Å². The van der Waals surface area contributed by atoms with Crippen molar-refractivity contribution in [2.45, 2.75) is 47.9 Å². The first-order chi connectivity index (χ1) is 18.4. The van der Waals surface area contributed by atoms with Crippen molar-refractivity contribution in [2.75, 3.05) is 52.5 Å². The van der Waals surface area contributed by atoms with E-state index >= 15 is 0 Å². The normalized spacial score (nSPS) is 18.5. The minimum Gasteiger partial charge on any atom is -0.394 e. The van der Waals surface area contributed by atoms with Crippen molar-refractivity contribution in [1.82, 2.24) is 14.5 Å². The van der Waals surface area contributed by atoms with Gasteiger partial charge in [-0.2, -0.15) is 13.1 Å². The topological polar surface area (TPSA) is 115 Å². The van der Waals surface area contributed by atoms with E-state index in [1.54, 1.807) is 11.8 Å². The number of fused-ring (bicyclic) bond motifs is 2. The monoisotopic (exact) mass is 562 g/mol. The maximum Gasteiger partial charge on any atom is 0.333 e. The Morgan fingerprint density at radius 1 is 0.947 bits per heavy atom. The molecule has 0 unspecified atom stereocenters. The molecule has 208 valence electrons. The van der Waals surface area contributed by atoms with E-state index in [0.717, 1.165) is 69.9 Å². The standard InChI is InChI=1S/C21H25N3O2S.C6H13NO3S/c25-14-16-26-15-13-23-9-11-24(12-10-23)21-17-5-1-3-7-19(17)27-20-8-4-2-6-18(20)22-21;8-11(9,10)7-6-4-2-1-3-5-6/h1-8,25H,9-16H2;6-7H,1-5H2,(H,8,9,10). The summed E-state index contributed by atoms with van der Waals surface area (Å²) in [5.74, 6) is 1.08. The lowest BCUT2D eigenvalue weighted by atomic mass is 9.96. The van der Waals surface area contributed by atoms with Gasteiger partial charge in [-0.15, -0.1) is 0 Å². The van der Waals surface area contributed by atoms with Crippen molar-refractivity contribution in [3.05, 3.63) is 54.1 Å². The van der Waals surface area contributed by atoms with Crippen LogP contribution in [0.4, 0.5) is 5.69 Å². The highest BCUT2D eigenvalue weighted by atomic mass is 32.2. The third kappa shape index (κ3) is 8.77. The fraction of sp³-hybridized carbons (Fsp3) is 0.519. The molecule has 9 nitrogen and oxygen atoms in total. The molecule has 1 aliphatic carbocycles. The molecule has 0 atom stereocenters. The zero-order valence-corrected chi connectivity index (χ0v) is 23.3. The van der Waals surface area contributed by atoms with Gasteiger partial charge in [-0.3, -0.25) is 9.45 Å². The largest absolute Gasteiger partial charge is 0.394 e. The number of nitrogens with one attached hydrogen (secondary N) is 1. The molecule has 1 saturated heterocycles. The number of hydrogen-bond donors (Lipinski definition) is 3. The second-order valence-electron chi connectivity index (χ2n) is 9.59. The van der Waals surface area contributed by atoms with Gasteiger partial charge in [0.1, 0.15) is 5.84 Å². The van der Waals surface area contributed by atoms with Crippen LogP contribution in [0.1, 0.15) is 37.7 Å². The van der Waals surface area contributed by atoms with E-state index in [9.17, 15) is 8.42 Å². The Labute approximate surface area is 230 Å². The lowest BCUT2D eigenvalue weighted by molar-refractivity contribution is 0.0652. The summed E-state index contributed by atoms with van der Waals surface area (Å²) in [7, 11) is -3.97. The Bertz CT molecular complexity index is 1160. The molecule has 1 saturated carbocycles. The summed E-state index contributed by atoms with van der Waals surface area (Å²) in [5.41, 5.74) is 2.27. The van der Waals surface area contributed by atoms with Crippen LogP contribution in [0.5, 0.6) is 0 Å². The summed E-state index contributed by atoms with van der Waals surface area (Å²) >= 11 is 1.80. The highest BCUT2D eigenvalue weighted by molar-refractivity contribution is 7.99. The quantitative estimate of drug-likeness (QED) is 0.347. The van der Waals surface area contributed by atoms with Crippen molar-refractivity contribution in [3.63, 3.8) is 0 Å². The highest BCUT2D eigenvalue weighted by Crippen LogP contribution is 2.40. The molecule has 0 amide bonds. The van der Waals surface area contributed by atoms with Crippen molar-refractivity contribution < 1.29 is 22.8 Å². The number of benzene rings is 2. The van der Waals surface area contributed by atoms with E-state index in [1.165, 1.54) is 21.8 Å². The number of ether oxygens (including phenoxy) is 1. The fourth-order valence-corrected chi connectivity index (χ4v) is 6.56. The van der Waals surface area contributed by atoms with Gasteiger partial charge in [-0.05, 0) is 31.0 Å². The van der Waals surface area contributed by atoms with Crippen LogP contribution in [0.15, 0.2) is 63.3 Å². The number of aliphatic hydroxyl groups is 1. The van der Waals surface area contributed by atoms with Gasteiger partial charge in [0.2, 0.25) is 0 Å². The molecule has 2 aliphatic heterocycles. The first kappa shape index (κ1) is 29.0. The number of amidine groups is 1. The molecule has 0 radical (unpaired) electrons. The van der Waals surface area contributed by atoms with E-state index in [-0.39, 0.29) is 12.6 Å². The molecule has 0 aromatic heterocycles. The zero-order valence-electron chi connectivity index (χ0n) is 21.7. The Morgan fingerprint density at radius 3 is 2.34 bits per heavy atom. The van der Waals surface area contributed by atoms with Crippen LogP contribution >= 0.6 is 11.8 Å². The first-order valence-electron chi connectivity index (χ1n) is 13.3. The predicted octanol–water partition coefficient (Wildman–Crippen LogP) is 3.57. The Balaban J connectivity index is 0.000000257. The van der Waals surface area contributed by atoms with E-state index < -0.39 is 10.3 Å². The Kier molecular flexibility index (Phi) is 11.0. The molecule has 0 spiro atoms. The molecule has 2 aromatic rings. The summed E-state index contributed by atoms with van der Waals surface area (Å²) in [4.78, 5) is 12.4. The van der Waals surface area contributed by atoms with Crippen LogP contribution in [0.3, 0.4) is 0 Å². The first-order valence-corrected chi connectivity index (χ1v) is 15.5. The van der Waals surface area contributed by atoms with Crippen LogP contribution in [0.25, 0.3) is 0 Å². The number of rotatable bonds is 7. The number of aliphatic imine (C=N–C) groups is 1. The second kappa shape index (κ2) is 14.4. The Morgan fingerprint density at radius 2 is 1.63 bits per heavy atom. The highest BCUT2D eigenvalue weighted by Gasteiger charge is 2.25. The maximum atomic E-state index is 10.3. The summed E-state index contributed by atoms with van der Waals surface area (Å²) in [6.45, 7) is 6.01. The van der Waals surface area contributed by atoms with Crippen LogP contribution in [0.2, 0.25) is 0 Å². The van der Waals surface area contributed by atoms with Crippen molar-refractivity contribution in [3.8, 4) is 0 Å². The number of nitrogens with zero attached hydrogens (tertiary/aromatic N) is 3. The molecule has 2 fully saturated rings. The van der Waals surface area contributed by atoms with Gasteiger partial charge in [0.15, 0.2) is 0 Å². The average Bonchev–Trinajstić information content (AvgIpc) is 3.08. The minimum absolute atomic E-state index is 0.0428. The number of piperazine rings is 1. The summed E-state index contributed by atoms with van der Waals surface area (Å²) < 4.78 is 36.7. The molecular formula is C27H38N4O5S2. The molecule has 38 heavy (non-hydrogen) atoms. The minimum atomic E-state index is -3.97. The summed E-state index contributed by atoms with van der Waals surface area (Å²) in [6.07, 6.45) is 4.96. The van der Waals surface area contributed by atoms with Gasteiger partial charge in [0.05, 0.1) is 25.5 Å². The van der Waals surface area contributed by atoms with Crippen LogP contribution in [-0.4, -0.2) is 92.3 Å². The summed E-state index contributed by atoms with van der Waals surface area (Å²) in [5, 5.41) is 8.79. The SMILES string of the molecule is O=S(=O)(O)NC1CCCCC1.OCCOCCN1CCN(C2=Nc3ccccc3Sc3ccccc32)CC1. The van der Waals surface area contributed by atoms with Gasteiger partial charge >= 0.3 is 10.3 Å². The van der Waals surface area contributed by atoms with Gasteiger partial charge < -0.3 is 14.7 Å². The molecule has 11 heteroatoms. The van der Waals surface area contributed by atoms with Gasteiger partial charge in [-0.25, -0.2) is 4.99 Å². The van der Waals surface area contributed by atoms with E-state index in [0.29, 0.717) is 13.2 Å². The number of aliphatic hydroxyl groups excluding tert-OH is 1. The van der Waals surface area contributed by atoms with E-state index in [4.69, 9.17) is 19.4 Å². The number of hydrogen-bond acceptors (Lipinski definition) is 8. The van der Waals surface area contributed by atoms with Gasteiger partial charge in [0, 0.05) is 54.1 Å². The molecule has 5 rings (SSSR count). The smallest absolute Gasteiger partial charge is 0.333 e. The van der Waals surface area contributed by atoms with Crippen molar-refractivity contribution in [1.29, 1.82) is 0 Å². The molecule has 3 N–H and O–H groups in total. The fourth-order valence-electron chi connectivity index (χ4n) is 4.88. The van der Waals surface area contributed by atoms with E-state index in [2.05, 4.69) is 63.1 Å². The second-order valence-corrected chi connectivity index (χ2v) is 11.9. The van der Waals surface area contributed by atoms with Gasteiger partial charge in [-0.1, -0.05) is 61.4 Å². The van der Waals surface area contributed by atoms with Crippen molar-refractivity contribution in [2.24, 2.45) is 4.99 Å². The molecule has 2 aromatic carbocycles. The van der Waals surface area contributed by atoms with Crippen molar-refractivity contribution >= 4 is 33.6 Å². The lowest BCUT2D eigenvalue weighted by Crippen LogP contribution is -2.49. The van der Waals surface area contributed by atoms with Crippen LogP contribution < -0.4 is 4.72 Å². The van der Waals surface area contributed by atoms with E-state index in [1.807, 2.05) is 0 Å². The zero-order chi connectivity index (χ0) is 26.8.